The monoisotopic (exact) mass is 561 g/mol. The summed E-state index contributed by atoms with van der Waals surface area (Å²) in [4.78, 5) is 19.6. The number of halogens is 3. The van der Waals surface area contributed by atoms with Gasteiger partial charge in [-0.25, -0.2) is 4.99 Å². The van der Waals surface area contributed by atoms with Gasteiger partial charge in [0.25, 0.3) is 0 Å². The summed E-state index contributed by atoms with van der Waals surface area (Å²) in [5, 5.41) is 3.30. The Kier molecular flexibility index (Phi) is 9.33. The minimum atomic E-state index is -4.52. The van der Waals surface area contributed by atoms with Crippen LogP contribution < -0.4 is 16.8 Å². The van der Waals surface area contributed by atoms with Crippen LogP contribution in [0.1, 0.15) is 58.8 Å². The summed E-state index contributed by atoms with van der Waals surface area (Å²) in [6.45, 7) is 8.76. The van der Waals surface area contributed by atoms with Gasteiger partial charge in [-0.05, 0) is 70.8 Å². The van der Waals surface area contributed by atoms with Gasteiger partial charge in [0.15, 0.2) is 0 Å². The molecular weight excluding hydrogens is 519 g/mol. The number of allylic oxidation sites excluding steroid dienone is 3. The van der Waals surface area contributed by atoms with E-state index < -0.39 is 17.8 Å². The lowest BCUT2D eigenvalue weighted by atomic mass is 9.72. The number of ether oxygens (including phenoxy) is 1. The van der Waals surface area contributed by atoms with E-state index in [1.807, 2.05) is 11.9 Å². The summed E-state index contributed by atoms with van der Waals surface area (Å²) in [5.74, 6) is 1.09. The van der Waals surface area contributed by atoms with Crippen molar-refractivity contribution in [1.82, 2.24) is 10.2 Å². The second kappa shape index (κ2) is 12.4. The number of carbonyl (C=O) groups excluding carboxylic acids is 1. The standard InChI is InChI=1S/C30H42F3N5O2/c1-17(2)36-28(37-18(3)24-14-22(15-27(24)35)30(31,32)33)25-13-21(9-10-26(25)34)19-5-7-20(8-6-19)29(39)38(4)23-11-12-40-16-23/h9,15,18-20,23,25-26H,1,5-8,10-13,16,34-35H2,2-4H3,(H,36,37). The van der Waals surface area contributed by atoms with Crippen LogP contribution in [0.3, 0.4) is 0 Å². The second-order valence-corrected chi connectivity index (χ2v) is 11.7. The minimum Gasteiger partial charge on any atom is -0.398 e. The van der Waals surface area contributed by atoms with Crippen LogP contribution in [0.25, 0.3) is 0 Å². The van der Waals surface area contributed by atoms with E-state index in [9.17, 15) is 18.0 Å². The molecule has 0 bridgehead atoms. The zero-order valence-corrected chi connectivity index (χ0v) is 23.7. The molecule has 220 valence electrons. The fourth-order valence-electron chi connectivity index (χ4n) is 6.30. The Morgan fingerprint density at radius 1 is 1.27 bits per heavy atom. The average molecular weight is 562 g/mol. The lowest BCUT2D eigenvalue weighted by molar-refractivity contribution is -0.137. The fourth-order valence-corrected chi connectivity index (χ4v) is 6.30. The van der Waals surface area contributed by atoms with E-state index in [0.29, 0.717) is 43.5 Å². The zero-order chi connectivity index (χ0) is 29.2. The number of aliphatic imine (C=N–C) groups is 1. The van der Waals surface area contributed by atoms with Gasteiger partial charge < -0.3 is 26.4 Å². The van der Waals surface area contributed by atoms with E-state index in [-0.39, 0.29) is 41.1 Å². The molecule has 4 atom stereocenters. The number of rotatable bonds is 7. The van der Waals surface area contributed by atoms with Crippen molar-refractivity contribution >= 4 is 11.7 Å². The normalized spacial score (nSPS) is 30.2. The van der Waals surface area contributed by atoms with Crippen molar-refractivity contribution in [1.29, 1.82) is 0 Å². The Morgan fingerprint density at radius 2 is 1.98 bits per heavy atom. The van der Waals surface area contributed by atoms with Gasteiger partial charge in [0, 0.05) is 48.5 Å². The molecule has 5 N–H and O–H groups in total. The Hall–Kier alpha value is -2.81. The number of hydrogen-bond acceptors (Lipinski definition) is 5. The van der Waals surface area contributed by atoms with E-state index in [1.54, 1.807) is 13.8 Å². The van der Waals surface area contributed by atoms with Crippen molar-refractivity contribution < 1.29 is 22.7 Å². The summed E-state index contributed by atoms with van der Waals surface area (Å²) in [7, 11) is 1.89. The predicted molar refractivity (Wildman–Crippen MR) is 150 cm³/mol. The topological polar surface area (TPSA) is 106 Å². The molecule has 1 saturated heterocycles. The van der Waals surface area contributed by atoms with Crippen molar-refractivity contribution in [2.24, 2.45) is 34.2 Å². The molecule has 0 aromatic rings. The number of carbonyl (C=O) groups is 1. The van der Waals surface area contributed by atoms with Crippen LogP contribution in [-0.4, -0.2) is 61.2 Å². The number of nitrogens with one attached hydrogen (secondary N) is 1. The number of alkyl halides is 3. The highest BCUT2D eigenvalue weighted by atomic mass is 19.4. The first-order valence-electron chi connectivity index (χ1n) is 14.2. The third kappa shape index (κ3) is 6.90. The summed E-state index contributed by atoms with van der Waals surface area (Å²) in [5.41, 5.74) is 16.2. The van der Waals surface area contributed by atoms with Crippen LogP contribution in [0.4, 0.5) is 13.2 Å². The van der Waals surface area contributed by atoms with E-state index in [4.69, 9.17) is 16.2 Å². The molecule has 1 aliphatic heterocycles. The molecule has 3 aliphatic carbocycles. The predicted octanol–water partition coefficient (Wildman–Crippen LogP) is 4.48. The quantitative estimate of drug-likeness (QED) is 0.184. The largest absolute Gasteiger partial charge is 0.423 e. The van der Waals surface area contributed by atoms with Crippen LogP contribution in [0.15, 0.2) is 57.6 Å². The maximum atomic E-state index is 13.2. The first kappa shape index (κ1) is 30.2. The molecule has 4 aliphatic rings. The van der Waals surface area contributed by atoms with Gasteiger partial charge in [-0.3, -0.25) is 4.79 Å². The third-order valence-electron chi connectivity index (χ3n) is 8.67. The Labute approximate surface area is 235 Å². The summed E-state index contributed by atoms with van der Waals surface area (Å²) >= 11 is 0. The Balaban J connectivity index is 1.42. The molecule has 4 rings (SSSR count). The van der Waals surface area contributed by atoms with Crippen molar-refractivity contribution in [3.05, 3.63) is 52.6 Å². The van der Waals surface area contributed by atoms with Gasteiger partial charge in [0.05, 0.1) is 18.7 Å². The highest BCUT2D eigenvalue weighted by molar-refractivity contribution is 5.87. The second-order valence-electron chi connectivity index (χ2n) is 11.7. The van der Waals surface area contributed by atoms with Crippen molar-refractivity contribution in [3.8, 4) is 0 Å². The van der Waals surface area contributed by atoms with Gasteiger partial charge >= 0.3 is 6.18 Å². The van der Waals surface area contributed by atoms with Crippen molar-refractivity contribution in [3.63, 3.8) is 0 Å². The number of amides is 1. The number of hydrogen-bond donors (Lipinski definition) is 3. The molecule has 0 radical (unpaired) electrons. The van der Waals surface area contributed by atoms with Crippen LogP contribution in [0.2, 0.25) is 0 Å². The van der Waals surface area contributed by atoms with E-state index in [0.717, 1.165) is 38.2 Å². The molecule has 4 unspecified atom stereocenters. The van der Waals surface area contributed by atoms with Crippen molar-refractivity contribution in [2.75, 3.05) is 20.3 Å². The summed E-state index contributed by atoms with van der Waals surface area (Å²) in [6.07, 6.45) is 4.48. The molecule has 2 fully saturated rings. The molecule has 1 amide bonds. The maximum Gasteiger partial charge on any atom is 0.423 e. The van der Waals surface area contributed by atoms with E-state index >= 15 is 0 Å². The highest BCUT2D eigenvalue weighted by Gasteiger charge is 2.38. The molecule has 1 saturated carbocycles. The molecule has 7 nitrogen and oxygen atoms in total. The smallest absolute Gasteiger partial charge is 0.398 e. The van der Waals surface area contributed by atoms with Gasteiger partial charge in [-0.15, -0.1) is 5.73 Å². The SMILES string of the molecule is C=C(C)/N=C(/NC(C)C1=C=C(C(F)(F)F)C=C1N)C1CC(C2CCC(C(=O)N(C)C3CCOC3)CC2)=CCC1N. The molecule has 0 spiro atoms. The fraction of sp³-hybridized carbons (Fsp3) is 0.633. The van der Waals surface area contributed by atoms with Crippen LogP contribution in [0.5, 0.6) is 0 Å². The number of nitrogens with two attached hydrogens (primary N) is 2. The molecular formula is C30H42F3N5O2. The number of nitrogens with zero attached hydrogens (tertiary/aromatic N) is 2. The van der Waals surface area contributed by atoms with Gasteiger partial charge in [0.1, 0.15) is 11.4 Å². The number of likely N-dealkylation sites (N-methyl/N-ethyl adjacent to an activating group) is 1. The molecule has 10 heteroatoms. The average Bonchev–Trinajstić information content (AvgIpc) is 3.58. The lowest BCUT2D eigenvalue weighted by Gasteiger charge is -2.37. The van der Waals surface area contributed by atoms with Gasteiger partial charge in [-0.1, -0.05) is 18.2 Å². The summed E-state index contributed by atoms with van der Waals surface area (Å²) in [6, 6.07) is -0.580. The summed E-state index contributed by atoms with van der Waals surface area (Å²) < 4.78 is 45.1. The molecule has 1 heterocycles. The van der Waals surface area contributed by atoms with E-state index in [2.05, 4.69) is 28.7 Å². The molecule has 0 aromatic carbocycles. The third-order valence-corrected chi connectivity index (χ3v) is 8.67. The molecule has 0 aromatic heterocycles. The van der Waals surface area contributed by atoms with Gasteiger partial charge in [-0.2, -0.15) is 13.2 Å². The Bertz CT molecular complexity index is 1150. The first-order valence-corrected chi connectivity index (χ1v) is 14.2. The van der Waals surface area contributed by atoms with Crippen LogP contribution in [-0.2, 0) is 9.53 Å². The van der Waals surface area contributed by atoms with Gasteiger partial charge in [0.2, 0.25) is 5.91 Å². The van der Waals surface area contributed by atoms with Crippen LogP contribution >= 0.6 is 0 Å². The zero-order valence-electron chi connectivity index (χ0n) is 23.7. The van der Waals surface area contributed by atoms with Crippen molar-refractivity contribution in [2.45, 2.75) is 83.1 Å². The lowest BCUT2D eigenvalue weighted by Crippen LogP contribution is -2.47. The number of amidine groups is 1. The minimum absolute atomic E-state index is 0.0351. The maximum absolute atomic E-state index is 13.2. The molecule has 40 heavy (non-hydrogen) atoms. The highest BCUT2D eigenvalue weighted by Crippen LogP contribution is 2.40. The van der Waals surface area contributed by atoms with E-state index in [1.165, 1.54) is 5.57 Å². The first-order chi connectivity index (χ1) is 18.8. The van der Waals surface area contributed by atoms with Crippen LogP contribution in [0, 0.1) is 17.8 Å². The Morgan fingerprint density at radius 3 is 2.55 bits per heavy atom.